The Bertz CT molecular complexity index is 468. The van der Waals surface area contributed by atoms with Gasteiger partial charge >= 0.3 is 0 Å². The van der Waals surface area contributed by atoms with E-state index in [1.54, 1.807) is 7.11 Å². The van der Waals surface area contributed by atoms with Crippen LogP contribution in [0.1, 0.15) is 43.7 Å². The van der Waals surface area contributed by atoms with Gasteiger partial charge in [0.25, 0.3) is 0 Å². The molecule has 2 heteroatoms. The Hall–Kier alpha value is -1.02. The fourth-order valence-electron chi connectivity index (χ4n) is 4.44. The van der Waals surface area contributed by atoms with E-state index in [-0.39, 0.29) is 6.10 Å². The van der Waals surface area contributed by atoms with Gasteiger partial charge in [0.1, 0.15) is 5.75 Å². The summed E-state index contributed by atoms with van der Waals surface area (Å²) in [5.41, 5.74) is 2.83. The highest BCUT2D eigenvalue weighted by Crippen LogP contribution is 2.48. The maximum Gasteiger partial charge on any atom is 0.122 e. The highest BCUT2D eigenvalue weighted by molar-refractivity contribution is 5.43. The standard InChI is InChI=1S/C18H26O2/c1-3-4-7-14-15-9-12-6-5-8-18(20-2)16(12)10-13(15)11-17(14)19/h5-6,8,13-15,17,19H,3-4,7,9-11H2,1-2H3/t13-,14?,15-,17+/m0/s1. The smallest absolute Gasteiger partial charge is 0.122 e. The molecule has 2 aliphatic rings. The molecule has 1 fully saturated rings. The molecule has 0 bridgehead atoms. The fourth-order valence-corrected chi connectivity index (χ4v) is 4.44. The van der Waals surface area contributed by atoms with E-state index < -0.39 is 0 Å². The number of unbranched alkanes of at least 4 members (excludes halogenated alkanes) is 1. The van der Waals surface area contributed by atoms with Crippen molar-refractivity contribution in [3.05, 3.63) is 29.3 Å². The normalized spacial score (nSPS) is 31.8. The van der Waals surface area contributed by atoms with Crippen molar-refractivity contribution >= 4 is 0 Å². The Morgan fingerprint density at radius 2 is 2.15 bits per heavy atom. The zero-order valence-corrected chi connectivity index (χ0v) is 12.6. The van der Waals surface area contributed by atoms with E-state index in [2.05, 4.69) is 25.1 Å². The summed E-state index contributed by atoms with van der Waals surface area (Å²) < 4.78 is 5.52. The van der Waals surface area contributed by atoms with Gasteiger partial charge in [-0.05, 0) is 60.6 Å². The van der Waals surface area contributed by atoms with Crippen molar-refractivity contribution in [1.82, 2.24) is 0 Å². The second kappa shape index (κ2) is 5.77. The molecule has 0 heterocycles. The van der Waals surface area contributed by atoms with E-state index in [1.807, 2.05) is 0 Å². The molecule has 2 aliphatic carbocycles. The summed E-state index contributed by atoms with van der Waals surface area (Å²) in [7, 11) is 1.76. The largest absolute Gasteiger partial charge is 0.496 e. The van der Waals surface area contributed by atoms with Crippen LogP contribution in [0.5, 0.6) is 5.75 Å². The molecule has 4 atom stereocenters. The van der Waals surface area contributed by atoms with Gasteiger partial charge in [0.05, 0.1) is 13.2 Å². The van der Waals surface area contributed by atoms with E-state index in [0.717, 1.165) is 25.0 Å². The minimum Gasteiger partial charge on any atom is -0.496 e. The van der Waals surface area contributed by atoms with E-state index >= 15 is 0 Å². The summed E-state index contributed by atoms with van der Waals surface area (Å²) in [5.74, 6) is 2.87. The van der Waals surface area contributed by atoms with Crippen LogP contribution < -0.4 is 4.74 Å². The van der Waals surface area contributed by atoms with Crippen LogP contribution in [0.2, 0.25) is 0 Å². The number of hydrogen-bond donors (Lipinski definition) is 1. The van der Waals surface area contributed by atoms with Gasteiger partial charge in [0.2, 0.25) is 0 Å². The second-order valence-electron chi connectivity index (χ2n) is 6.54. The van der Waals surface area contributed by atoms with Gasteiger partial charge in [-0.15, -0.1) is 0 Å². The van der Waals surface area contributed by atoms with Crippen LogP contribution in [0.3, 0.4) is 0 Å². The van der Waals surface area contributed by atoms with Crippen LogP contribution in [-0.2, 0) is 12.8 Å². The number of aliphatic hydroxyl groups excluding tert-OH is 1. The Morgan fingerprint density at radius 1 is 1.30 bits per heavy atom. The average Bonchev–Trinajstić information content (AvgIpc) is 2.76. The molecule has 1 N–H and O–H groups in total. The number of aliphatic hydroxyl groups is 1. The summed E-state index contributed by atoms with van der Waals surface area (Å²) in [6.45, 7) is 2.24. The maximum absolute atomic E-state index is 10.4. The molecule has 1 aromatic carbocycles. The molecular formula is C18H26O2. The lowest BCUT2D eigenvalue weighted by Gasteiger charge is -2.32. The molecule has 0 radical (unpaired) electrons. The fraction of sp³-hybridized carbons (Fsp3) is 0.667. The zero-order chi connectivity index (χ0) is 14.1. The number of methoxy groups -OCH3 is 1. The quantitative estimate of drug-likeness (QED) is 0.909. The molecule has 0 amide bonds. The number of rotatable bonds is 4. The minimum atomic E-state index is -0.0862. The highest BCUT2D eigenvalue weighted by atomic mass is 16.5. The molecular weight excluding hydrogens is 248 g/mol. The molecule has 0 spiro atoms. The van der Waals surface area contributed by atoms with E-state index in [4.69, 9.17) is 4.74 Å². The molecule has 0 saturated heterocycles. The topological polar surface area (TPSA) is 29.5 Å². The van der Waals surface area contributed by atoms with Gasteiger partial charge in [-0.2, -0.15) is 0 Å². The van der Waals surface area contributed by atoms with Gasteiger partial charge < -0.3 is 9.84 Å². The highest BCUT2D eigenvalue weighted by Gasteiger charge is 2.44. The predicted molar refractivity (Wildman–Crippen MR) is 81.0 cm³/mol. The van der Waals surface area contributed by atoms with Crippen LogP contribution in [0.15, 0.2) is 18.2 Å². The lowest BCUT2D eigenvalue weighted by Crippen LogP contribution is -2.27. The van der Waals surface area contributed by atoms with Gasteiger partial charge in [-0.3, -0.25) is 0 Å². The van der Waals surface area contributed by atoms with Gasteiger partial charge in [-0.25, -0.2) is 0 Å². The summed E-state index contributed by atoms with van der Waals surface area (Å²) in [6.07, 6.45) is 6.78. The molecule has 3 rings (SSSR count). The predicted octanol–water partition coefficient (Wildman–Crippen LogP) is 3.60. The van der Waals surface area contributed by atoms with E-state index in [0.29, 0.717) is 17.8 Å². The van der Waals surface area contributed by atoms with Crippen LogP contribution in [-0.4, -0.2) is 18.3 Å². The van der Waals surface area contributed by atoms with E-state index in [1.165, 1.54) is 30.4 Å². The Kier molecular flexibility index (Phi) is 4.02. The van der Waals surface area contributed by atoms with Crippen molar-refractivity contribution in [2.75, 3.05) is 7.11 Å². The maximum atomic E-state index is 10.4. The summed E-state index contributed by atoms with van der Waals surface area (Å²) in [6, 6.07) is 6.42. The summed E-state index contributed by atoms with van der Waals surface area (Å²) in [4.78, 5) is 0. The second-order valence-corrected chi connectivity index (χ2v) is 6.54. The van der Waals surface area contributed by atoms with Crippen LogP contribution in [0.4, 0.5) is 0 Å². The number of hydrogen-bond acceptors (Lipinski definition) is 2. The van der Waals surface area contributed by atoms with Crippen molar-refractivity contribution in [2.45, 2.75) is 51.6 Å². The molecule has 1 aromatic rings. The van der Waals surface area contributed by atoms with Crippen LogP contribution in [0.25, 0.3) is 0 Å². The first kappa shape index (κ1) is 13.9. The number of ether oxygens (including phenoxy) is 1. The average molecular weight is 274 g/mol. The van der Waals surface area contributed by atoms with Crippen molar-refractivity contribution in [1.29, 1.82) is 0 Å². The molecule has 1 unspecified atom stereocenters. The van der Waals surface area contributed by atoms with Crippen molar-refractivity contribution in [3.63, 3.8) is 0 Å². The summed E-state index contributed by atoms with van der Waals surface area (Å²) in [5, 5.41) is 10.4. The Balaban J connectivity index is 1.84. The number of fused-ring (bicyclic) bond motifs is 2. The lowest BCUT2D eigenvalue weighted by molar-refractivity contribution is 0.110. The molecule has 1 saturated carbocycles. The van der Waals surface area contributed by atoms with Crippen LogP contribution >= 0.6 is 0 Å². The molecule has 0 aliphatic heterocycles. The first-order valence-electron chi connectivity index (χ1n) is 8.07. The van der Waals surface area contributed by atoms with Gasteiger partial charge in [-0.1, -0.05) is 31.9 Å². The van der Waals surface area contributed by atoms with Gasteiger partial charge in [0, 0.05) is 0 Å². The van der Waals surface area contributed by atoms with E-state index in [9.17, 15) is 5.11 Å². The van der Waals surface area contributed by atoms with Crippen molar-refractivity contribution in [3.8, 4) is 5.75 Å². The van der Waals surface area contributed by atoms with Crippen LogP contribution in [0, 0.1) is 17.8 Å². The third-order valence-corrected chi connectivity index (χ3v) is 5.46. The van der Waals surface area contributed by atoms with Gasteiger partial charge in [0.15, 0.2) is 0 Å². The summed E-state index contributed by atoms with van der Waals surface area (Å²) >= 11 is 0. The third kappa shape index (κ3) is 2.35. The van der Waals surface area contributed by atoms with Crippen molar-refractivity contribution in [2.24, 2.45) is 17.8 Å². The molecule has 0 aromatic heterocycles. The molecule has 20 heavy (non-hydrogen) atoms. The minimum absolute atomic E-state index is 0.0862. The zero-order valence-electron chi connectivity index (χ0n) is 12.6. The first-order chi connectivity index (χ1) is 9.74. The SMILES string of the molecule is CCCCC1[C@H](O)C[C@@H]2Cc3c(cccc3OC)C[C@H]12. The molecule has 110 valence electrons. The number of benzene rings is 1. The van der Waals surface area contributed by atoms with Crippen molar-refractivity contribution < 1.29 is 9.84 Å². The molecule has 2 nitrogen and oxygen atoms in total. The Morgan fingerprint density at radius 3 is 2.90 bits per heavy atom. The lowest BCUT2D eigenvalue weighted by atomic mass is 9.73. The third-order valence-electron chi connectivity index (χ3n) is 5.46. The Labute approximate surface area is 122 Å². The monoisotopic (exact) mass is 274 g/mol. The first-order valence-corrected chi connectivity index (χ1v) is 8.07.